The molecule has 0 spiro atoms. The van der Waals surface area contributed by atoms with Gasteiger partial charge in [0.15, 0.2) is 0 Å². The van der Waals surface area contributed by atoms with E-state index in [9.17, 15) is 0 Å². The zero-order valence-corrected chi connectivity index (χ0v) is 13.6. The molecule has 0 amide bonds. The lowest BCUT2D eigenvalue weighted by molar-refractivity contribution is 0.494. The van der Waals surface area contributed by atoms with Crippen molar-refractivity contribution >= 4 is 5.82 Å². The van der Waals surface area contributed by atoms with Gasteiger partial charge < -0.3 is 10.2 Å². The van der Waals surface area contributed by atoms with Gasteiger partial charge in [-0.25, -0.2) is 4.98 Å². The Morgan fingerprint density at radius 1 is 1.25 bits per heavy atom. The van der Waals surface area contributed by atoms with E-state index in [1.165, 1.54) is 5.56 Å². The zero-order valence-electron chi connectivity index (χ0n) is 13.6. The highest BCUT2D eigenvalue weighted by Gasteiger charge is 2.27. The molecule has 112 valence electrons. The lowest BCUT2D eigenvalue weighted by Gasteiger charge is -2.19. The zero-order chi connectivity index (χ0) is 14.7. The summed E-state index contributed by atoms with van der Waals surface area (Å²) < 4.78 is 0. The first kappa shape index (κ1) is 15.3. The van der Waals surface area contributed by atoms with Gasteiger partial charge in [-0.1, -0.05) is 27.7 Å². The number of aromatic nitrogens is 1. The Hall–Kier alpha value is -1.09. The molecular formula is C17H29N3. The van der Waals surface area contributed by atoms with Crippen LogP contribution in [0.1, 0.15) is 39.0 Å². The number of nitrogens with zero attached hydrogens (tertiary/aromatic N) is 2. The molecule has 3 nitrogen and oxygen atoms in total. The summed E-state index contributed by atoms with van der Waals surface area (Å²) in [4.78, 5) is 7.16. The molecule has 0 bridgehead atoms. The predicted molar refractivity (Wildman–Crippen MR) is 86.1 cm³/mol. The van der Waals surface area contributed by atoms with Crippen LogP contribution in [0.4, 0.5) is 5.82 Å². The topological polar surface area (TPSA) is 28.2 Å². The normalized spacial score (nSPS) is 22.8. The maximum Gasteiger partial charge on any atom is 0.129 e. The van der Waals surface area contributed by atoms with E-state index in [2.05, 4.69) is 57.0 Å². The first-order valence-electron chi connectivity index (χ1n) is 7.89. The van der Waals surface area contributed by atoms with Crippen LogP contribution in [0.3, 0.4) is 0 Å². The van der Waals surface area contributed by atoms with Crippen molar-refractivity contribution in [2.75, 3.05) is 24.5 Å². The molecular weight excluding hydrogens is 246 g/mol. The van der Waals surface area contributed by atoms with Crippen LogP contribution in [0, 0.1) is 24.7 Å². The van der Waals surface area contributed by atoms with E-state index >= 15 is 0 Å². The van der Waals surface area contributed by atoms with Gasteiger partial charge in [0.1, 0.15) is 5.82 Å². The van der Waals surface area contributed by atoms with Gasteiger partial charge >= 0.3 is 0 Å². The highest BCUT2D eigenvalue weighted by molar-refractivity contribution is 5.44. The largest absolute Gasteiger partial charge is 0.356 e. The molecule has 0 aliphatic carbocycles. The number of nitrogens with one attached hydrogen (secondary N) is 1. The van der Waals surface area contributed by atoms with E-state index < -0.39 is 0 Å². The highest BCUT2D eigenvalue weighted by Crippen LogP contribution is 2.27. The molecule has 0 aromatic carbocycles. The van der Waals surface area contributed by atoms with E-state index in [-0.39, 0.29) is 0 Å². The summed E-state index contributed by atoms with van der Waals surface area (Å²) >= 11 is 0. The van der Waals surface area contributed by atoms with Crippen LogP contribution >= 0.6 is 0 Å². The smallest absolute Gasteiger partial charge is 0.129 e. The Morgan fingerprint density at radius 3 is 2.50 bits per heavy atom. The molecule has 1 fully saturated rings. The maximum absolute atomic E-state index is 4.73. The number of anilines is 1. The molecule has 2 atom stereocenters. The minimum absolute atomic E-state index is 0.692. The Labute approximate surface area is 123 Å². The molecule has 1 aromatic heterocycles. The van der Waals surface area contributed by atoms with Crippen molar-refractivity contribution in [2.45, 2.75) is 41.2 Å². The van der Waals surface area contributed by atoms with Crippen LogP contribution in [0.5, 0.6) is 0 Å². The second-order valence-electron chi connectivity index (χ2n) is 6.86. The molecule has 1 saturated heterocycles. The number of hydrogen-bond acceptors (Lipinski definition) is 3. The number of aryl methyl sites for hydroxylation is 1. The van der Waals surface area contributed by atoms with Crippen molar-refractivity contribution in [3.63, 3.8) is 0 Å². The summed E-state index contributed by atoms with van der Waals surface area (Å²) in [6.07, 6.45) is 0. The predicted octanol–water partition coefficient (Wildman–Crippen LogP) is 3.23. The summed E-state index contributed by atoms with van der Waals surface area (Å²) in [5, 5.41) is 3.52. The molecule has 1 aliphatic rings. The summed E-state index contributed by atoms with van der Waals surface area (Å²) in [6.45, 7) is 15.5. The van der Waals surface area contributed by atoms with Gasteiger partial charge in [0.2, 0.25) is 0 Å². The fourth-order valence-electron chi connectivity index (χ4n) is 2.81. The van der Waals surface area contributed by atoms with Gasteiger partial charge in [-0.3, -0.25) is 0 Å². The minimum Gasteiger partial charge on any atom is -0.356 e. The van der Waals surface area contributed by atoms with Crippen LogP contribution < -0.4 is 10.2 Å². The average Bonchev–Trinajstić information content (AvgIpc) is 2.68. The lowest BCUT2D eigenvalue weighted by atomic mass is 10.0. The third-order valence-corrected chi connectivity index (χ3v) is 4.19. The summed E-state index contributed by atoms with van der Waals surface area (Å²) in [7, 11) is 0. The molecule has 2 rings (SSSR count). The molecule has 1 aliphatic heterocycles. The van der Waals surface area contributed by atoms with E-state index in [1.807, 2.05) is 0 Å². The number of hydrogen-bond donors (Lipinski definition) is 1. The molecule has 0 saturated carbocycles. The van der Waals surface area contributed by atoms with E-state index in [4.69, 9.17) is 4.98 Å². The van der Waals surface area contributed by atoms with Crippen LogP contribution in [0.15, 0.2) is 12.1 Å². The van der Waals surface area contributed by atoms with Gasteiger partial charge in [0.25, 0.3) is 0 Å². The van der Waals surface area contributed by atoms with Gasteiger partial charge in [-0.05, 0) is 48.9 Å². The number of pyridine rings is 1. The monoisotopic (exact) mass is 275 g/mol. The Morgan fingerprint density at radius 2 is 1.90 bits per heavy atom. The van der Waals surface area contributed by atoms with Crippen molar-refractivity contribution in [1.82, 2.24) is 10.3 Å². The van der Waals surface area contributed by atoms with Crippen molar-refractivity contribution in [3.8, 4) is 0 Å². The maximum atomic E-state index is 4.73. The van der Waals surface area contributed by atoms with E-state index in [0.29, 0.717) is 5.92 Å². The Balaban J connectivity index is 2.05. The highest BCUT2D eigenvalue weighted by atomic mass is 15.2. The van der Waals surface area contributed by atoms with Crippen LogP contribution in [0.2, 0.25) is 0 Å². The average molecular weight is 275 g/mol. The second-order valence-corrected chi connectivity index (χ2v) is 6.86. The molecule has 2 unspecified atom stereocenters. The van der Waals surface area contributed by atoms with E-state index in [0.717, 1.165) is 49.5 Å². The third kappa shape index (κ3) is 3.95. The molecule has 2 heterocycles. The van der Waals surface area contributed by atoms with Gasteiger partial charge in [0, 0.05) is 25.3 Å². The summed E-state index contributed by atoms with van der Waals surface area (Å²) in [6, 6.07) is 4.45. The first-order chi connectivity index (χ1) is 9.45. The molecule has 3 heteroatoms. The number of rotatable bonds is 5. The minimum atomic E-state index is 0.692. The Bertz CT molecular complexity index is 432. The van der Waals surface area contributed by atoms with Crippen molar-refractivity contribution in [3.05, 3.63) is 23.4 Å². The van der Waals surface area contributed by atoms with Gasteiger partial charge in [-0.15, -0.1) is 0 Å². The molecule has 0 radical (unpaired) electrons. The molecule has 1 aromatic rings. The second kappa shape index (κ2) is 6.57. The lowest BCUT2D eigenvalue weighted by Crippen LogP contribution is -2.22. The Kier molecular flexibility index (Phi) is 5.03. The first-order valence-corrected chi connectivity index (χ1v) is 7.89. The quantitative estimate of drug-likeness (QED) is 0.894. The van der Waals surface area contributed by atoms with Crippen molar-refractivity contribution in [2.24, 2.45) is 17.8 Å². The van der Waals surface area contributed by atoms with Gasteiger partial charge in [0.05, 0.1) is 0 Å². The van der Waals surface area contributed by atoms with Crippen LogP contribution in [-0.4, -0.2) is 24.6 Å². The SMILES string of the molecule is Cc1cc(CNCC(C)C)cc(N2CC(C)C(C)C2)n1. The molecule has 20 heavy (non-hydrogen) atoms. The van der Waals surface area contributed by atoms with Crippen molar-refractivity contribution < 1.29 is 0 Å². The summed E-state index contributed by atoms with van der Waals surface area (Å²) in [5.41, 5.74) is 2.47. The van der Waals surface area contributed by atoms with Crippen LogP contribution in [-0.2, 0) is 6.54 Å². The van der Waals surface area contributed by atoms with Crippen molar-refractivity contribution in [1.29, 1.82) is 0 Å². The standard InChI is InChI=1S/C17H29N3/c1-12(2)8-18-9-16-6-15(5)19-17(7-16)20-10-13(3)14(4)11-20/h6-7,12-14,18H,8-11H2,1-5H3. The fourth-order valence-corrected chi connectivity index (χ4v) is 2.81. The third-order valence-electron chi connectivity index (χ3n) is 4.19. The van der Waals surface area contributed by atoms with Crippen LogP contribution in [0.25, 0.3) is 0 Å². The fraction of sp³-hybridized carbons (Fsp3) is 0.706. The van der Waals surface area contributed by atoms with Gasteiger partial charge in [-0.2, -0.15) is 0 Å². The molecule has 1 N–H and O–H groups in total. The summed E-state index contributed by atoms with van der Waals surface area (Å²) in [5.74, 6) is 3.37. The van der Waals surface area contributed by atoms with E-state index in [1.54, 1.807) is 0 Å².